The summed E-state index contributed by atoms with van der Waals surface area (Å²) in [5.41, 5.74) is 2.75. The summed E-state index contributed by atoms with van der Waals surface area (Å²) < 4.78 is 13.1. The van der Waals surface area contributed by atoms with Crippen molar-refractivity contribution < 1.29 is 4.39 Å². The zero-order valence-corrected chi connectivity index (χ0v) is 9.88. The molecule has 1 aliphatic carbocycles. The highest BCUT2D eigenvalue weighted by molar-refractivity contribution is 5.24. The lowest BCUT2D eigenvalue weighted by Crippen LogP contribution is -2.04. The van der Waals surface area contributed by atoms with Crippen molar-refractivity contribution in [3.05, 3.63) is 47.3 Å². The number of rotatable bonds is 3. The average Bonchev–Trinajstić information content (AvgIpc) is 2.30. The molecule has 0 amide bonds. The Bertz CT molecular complexity index is 379. The molecule has 16 heavy (non-hydrogen) atoms. The number of hydrogen-bond donors (Lipinski definition) is 0. The van der Waals surface area contributed by atoms with Crippen LogP contribution in [0.1, 0.15) is 50.5 Å². The highest BCUT2D eigenvalue weighted by atomic mass is 19.1. The van der Waals surface area contributed by atoms with Crippen LogP contribution in [-0.4, -0.2) is 0 Å². The highest BCUT2D eigenvalue weighted by Gasteiger charge is 2.16. The summed E-state index contributed by atoms with van der Waals surface area (Å²) in [5, 5.41) is 0. The van der Waals surface area contributed by atoms with Gasteiger partial charge in [0.15, 0.2) is 0 Å². The molecular weight excluding hydrogens is 199 g/mol. The molecule has 2 rings (SSSR count). The van der Waals surface area contributed by atoms with Gasteiger partial charge < -0.3 is 0 Å². The van der Waals surface area contributed by atoms with Crippen molar-refractivity contribution in [3.63, 3.8) is 0 Å². The molecule has 1 atom stereocenters. The Hall–Kier alpha value is -1.11. The van der Waals surface area contributed by atoms with E-state index in [0.29, 0.717) is 5.92 Å². The van der Waals surface area contributed by atoms with E-state index in [1.165, 1.54) is 31.7 Å². The second-order valence-electron chi connectivity index (χ2n) is 4.64. The Morgan fingerprint density at radius 1 is 1.38 bits per heavy atom. The molecule has 0 spiro atoms. The monoisotopic (exact) mass is 218 g/mol. The molecule has 1 unspecified atom stereocenters. The van der Waals surface area contributed by atoms with Crippen LogP contribution >= 0.6 is 0 Å². The standard InChI is InChI=1S/C15H19F/c1-2-4-12-7-9-13(10-8-12)14-5-3-6-15(16)11-14/h3,5-7,11,13H,2,4,8-10H2,1H3. The van der Waals surface area contributed by atoms with Crippen molar-refractivity contribution in [3.8, 4) is 0 Å². The van der Waals surface area contributed by atoms with E-state index >= 15 is 0 Å². The van der Waals surface area contributed by atoms with E-state index in [0.717, 1.165) is 12.0 Å². The number of hydrogen-bond acceptors (Lipinski definition) is 0. The Morgan fingerprint density at radius 2 is 2.25 bits per heavy atom. The topological polar surface area (TPSA) is 0 Å². The zero-order valence-electron chi connectivity index (χ0n) is 9.88. The molecule has 1 aromatic carbocycles. The molecule has 1 aromatic rings. The number of allylic oxidation sites excluding steroid dienone is 2. The van der Waals surface area contributed by atoms with Crippen molar-refractivity contribution in [2.45, 2.75) is 44.9 Å². The van der Waals surface area contributed by atoms with Gasteiger partial charge in [0.05, 0.1) is 0 Å². The van der Waals surface area contributed by atoms with Gasteiger partial charge in [0.2, 0.25) is 0 Å². The SMILES string of the molecule is CCCC1=CCC(c2cccc(F)c2)CC1. The molecule has 0 saturated heterocycles. The minimum absolute atomic E-state index is 0.110. The minimum atomic E-state index is -0.110. The largest absolute Gasteiger partial charge is 0.207 e. The predicted molar refractivity (Wildman–Crippen MR) is 66.0 cm³/mol. The van der Waals surface area contributed by atoms with Gasteiger partial charge in [-0.25, -0.2) is 4.39 Å². The van der Waals surface area contributed by atoms with Crippen LogP contribution in [0.15, 0.2) is 35.9 Å². The number of halogens is 1. The lowest BCUT2D eigenvalue weighted by atomic mass is 9.83. The third-order valence-electron chi connectivity index (χ3n) is 3.40. The molecule has 86 valence electrons. The van der Waals surface area contributed by atoms with E-state index in [-0.39, 0.29) is 5.82 Å². The predicted octanol–water partition coefficient (Wildman–Crippen LogP) is 4.82. The molecule has 0 saturated carbocycles. The first kappa shape index (κ1) is 11.4. The Balaban J connectivity index is 2.04. The van der Waals surface area contributed by atoms with E-state index < -0.39 is 0 Å². The third-order valence-corrected chi connectivity index (χ3v) is 3.40. The van der Waals surface area contributed by atoms with Crippen LogP contribution < -0.4 is 0 Å². The van der Waals surface area contributed by atoms with Gasteiger partial charge in [-0.1, -0.05) is 37.1 Å². The van der Waals surface area contributed by atoms with Crippen molar-refractivity contribution in [1.82, 2.24) is 0 Å². The Morgan fingerprint density at radius 3 is 2.88 bits per heavy atom. The van der Waals surface area contributed by atoms with Crippen LogP contribution in [0.3, 0.4) is 0 Å². The molecule has 0 fully saturated rings. The van der Waals surface area contributed by atoms with Crippen LogP contribution in [0.25, 0.3) is 0 Å². The second kappa shape index (κ2) is 5.29. The Kier molecular flexibility index (Phi) is 3.76. The maximum absolute atomic E-state index is 13.1. The first-order valence-electron chi connectivity index (χ1n) is 6.23. The summed E-state index contributed by atoms with van der Waals surface area (Å²) >= 11 is 0. The molecule has 0 radical (unpaired) electrons. The molecular formula is C15H19F. The van der Waals surface area contributed by atoms with E-state index in [4.69, 9.17) is 0 Å². The normalized spacial score (nSPS) is 20.6. The fourth-order valence-corrected chi connectivity index (χ4v) is 2.50. The van der Waals surface area contributed by atoms with Gasteiger partial charge in [0.25, 0.3) is 0 Å². The maximum Gasteiger partial charge on any atom is 0.123 e. The van der Waals surface area contributed by atoms with Crippen LogP contribution in [-0.2, 0) is 0 Å². The van der Waals surface area contributed by atoms with Crippen molar-refractivity contribution in [2.75, 3.05) is 0 Å². The van der Waals surface area contributed by atoms with Crippen molar-refractivity contribution in [2.24, 2.45) is 0 Å². The smallest absolute Gasteiger partial charge is 0.123 e. The van der Waals surface area contributed by atoms with Crippen LogP contribution in [0, 0.1) is 5.82 Å². The van der Waals surface area contributed by atoms with Gasteiger partial charge in [0, 0.05) is 0 Å². The minimum Gasteiger partial charge on any atom is -0.207 e. The van der Waals surface area contributed by atoms with Gasteiger partial charge in [-0.15, -0.1) is 0 Å². The summed E-state index contributed by atoms with van der Waals surface area (Å²) in [6.07, 6.45) is 8.28. The molecule has 0 N–H and O–H groups in total. The van der Waals surface area contributed by atoms with Gasteiger partial charge in [0.1, 0.15) is 5.82 Å². The van der Waals surface area contributed by atoms with E-state index in [2.05, 4.69) is 13.0 Å². The van der Waals surface area contributed by atoms with Gasteiger partial charge in [-0.05, 0) is 49.3 Å². The van der Waals surface area contributed by atoms with Crippen LogP contribution in [0.2, 0.25) is 0 Å². The summed E-state index contributed by atoms with van der Waals surface area (Å²) in [5.74, 6) is 0.414. The molecule has 0 bridgehead atoms. The summed E-state index contributed by atoms with van der Waals surface area (Å²) in [6.45, 7) is 2.22. The first-order valence-corrected chi connectivity index (χ1v) is 6.23. The zero-order chi connectivity index (χ0) is 11.4. The quantitative estimate of drug-likeness (QED) is 0.638. The summed E-state index contributed by atoms with van der Waals surface area (Å²) in [4.78, 5) is 0. The average molecular weight is 218 g/mol. The van der Waals surface area contributed by atoms with Gasteiger partial charge in [-0.3, -0.25) is 0 Å². The van der Waals surface area contributed by atoms with Gasteiger partial charge >= 0.3 is 0 Å². The fourth-order valence-electron chi connectivity index (χ4n) is 2.50. The van der Waals surface area contributed by atoms with E-state index in [9.17, 15) is 4.39 Å². The molecule has 0 heterocycles. The second-order valence-corrected chi connectivity index (χ2v) is 4.64. The highest BCUT2D eigenvalue weighted by Crippen LogP contribution is 2.33. The van der Waals surface area contributed by atoms with E-state index in [1.54, 1.807) is 11.6 Å². The molecule has 1 heteroatoms. The maximum atomic E-state index is 13.1. The molecule has 0 nitrogen and oxygen atoms in total. The summed E-state index contributed by atoms with van der Waals surface area (Å²) in [7, 11) is 0. The van der Waals surface area contributed by atoms with Crippen molar-refractivity contribution in [1.29, 1.82) is 0 Å². The molecule has 0 aliphatic heterocycles. The summed E-state index contributed by atoms with van der Waals surface area (Å²) in [6, 6.07) is 7.07. The lowest BCUT2D eigenvalue weighted by molar-refractivity contribution is 0.573. The van der Waals surface area contributed by atoms with Gasteiger partial charge in [-0.2, -0.15) is 0 Å². The van der Waals surface area contributed by atoms with Crippen LogP contribution in [0.4, 0.5) is 4.39 Å². The van der Waals surface area contributed by atoms with Crippen LogP contribution in [0.5, 0.6) is 0 Å². The first-order chi connectivity index (χ1) is 7.79. The Labute approximate surface area is 97.2 Å². The lowest BCUT2D eigenvalue weighted by Gasteiger charge is -2.22. The fraction of sp³-hybridized carbons (Fsp3) is 0.467. The van der Waals surface area contributed by atoms with Crippen molar-refractivity contribution >= 4 is 0 Å². The number of benzene rings is 1. The molecule has 0 aromatic heterocycles. The molecule has 1 aliphatic rings. The van der Waals surface area contributed by atoms with E-state index in [1.807, 2.05) is 12.1 Å². The third kappa shape index (κ3) is 2.72.